The van der Waals surface area contributed by atoms with Crippen LogP contribution in [0.1, 0.15) is 31.2 Å². The molecule has 18 heavy (non-hydrogen) atoms. The minimum Gasteiger partial charge on any atom is -0.330 e. The van der Waals surface area contributed by atoms with Crippen molar-refractivity contribution in [2.24, 2.45) is 11.1 Å². The first-order chi connectivity index (χ1) is 8.54. The first-order valence-corrected chi connectivity index (χ1v) is 7.10. The number of hydrogen-bond acceptors (Lipinski definition) is 2. The van der Waals surface area contributed by atoms with Gasteiger partial charge < -0.3 is 11.1 Å². The molecule has 1 aromatic rings. The van der Waals surface area contributed by atoms with Gasteiger partial charge in [-0.25, -0.2) is 0 Å². The van der Waals surface area contributed by atoms with E-state index in [4.69, 9.17) is 5.73 Å². The highest BCUT2D eigenvalue weighted by Crippen LogP contribution is 2.43. The largest absolute Gasteiger partial charge is 0.330 e. The SMILES string of the molecule is Cc1ccc(NC(=O)CC2(CN)CCC2)cc1Br. The normalized spacial score (nSPS) is 17.1. The molecule has 0 unspecified atom stereocenters. The lowest BCUT2D eigenvalue weighted by Gasteiger charge is -2.40. The summed E-state index contributed by atoms with van der Waals surface area (Å²) in [5, 5.41) is 2.94. The molecule has 2 rings (SSSR count). The van der Waals surface area contributed by atoms with Crippen molar-refractivity contribution in [2.45, 2.75) is 32.6 Å². The smallest absolute Gasteiger partial charge is 0.224 e. The van der Waals surface area contributed by atoms with Crippen molar-refractivity contribution in [3.63, 3.8) is 0 Å². The van der Waals surface area contributed by atoms with E-state index >= 15 is 0 Å². The van der Waals surface area contributed by atoms with E-state index in [-0.39, 0.29) is 11.3 Å². The van der Waals surface area contributed by atoms with Crippen LogP contribution >= 0.6 is 15.9 Å². The Kier molecular flexibility index (Phi) is 4.07. The molecule has 1 aliphatic carbocycles. The van der Waals surface area contributed by atoms with Gasteiger partial charge in [-0.05, 0) is 49.4 Å². The summed E-state index contributed by atoms with van der Waals surface area (Å²) in [4.78, 5) is 12.0. The van der Waals surface area contributed by atoms with Gasteiger partial charge >= 0.3 is 0 Å². The molecule has 4 heteroatoms. The van der Waals surface area contributed by atoms with Crippen LogP contribution in [0.4, 0.5) is 5.69 Å². The van der Waals surface area contributed by atoms with Gasteiger partial charge in [-0.2, -0.15) is 0 Å². The average Bonchev–Trinajstić information content (AvgIpc) is 2.29. The zero-order chi connectivity index (χ0) is 13.2. The number of nitrogens with one attached hydrogen (secondary N) is 1. The fraction of sp³-hybridized carbons (Fsp3) is 0.500. The Balaban J connectivity index is 1.96. The van der Waals surface area contributed by atoms with E-state index in [2.05, 4.69) is 21.2 Å². The summed E-state index contributed by atoms with van der Waals surface area (Å²) in [6, 6.07) is 5.85. The Morgan fingerprint density at radius 3 is 2.72 bits per heavy atom. The summed E-state index contributed by atoms with van der Waals surface area (Å²) in [6.07, 6.45) is 3.89. The summed E-state index contributed by atoms with van der Waals surface area (Å²) in [5.41, 5.74) is 7.82. The molecule has 0 aromatic heterocycles. The molecule has 0 atom stereocenters. The molecular formula is C14H19BrN2O. The Morgan fingerprint density at radius 1 is 1.50 bits per heavy atom. The van der Waals surface area contributed by atoms with Crippen molar-refractivity contribution < 1.29 is 4.79 Å². The molecular weight excluding hydrogens is 292 g/mol. The third kappa shape index (κ3) is 2.93. The topological polar surface area (TPSA) is 55.1 Å². The van der Waals surface area contributed by atoms with Crippen LogP contribution in [0.3, 0.4) is 0 Å². The monoisotopic (exact) mass is 310 g/mol. The Labute approximate surface area is 116 Å². The summed E-state index contributed by atoms with van der Waals surface area (Å²) in [6.45, 7) is 2.63. The van der Waals surface area contributed by atoms with E-state index in [1.165, 1.54) is 6.42 Å². The minimum atomic E-state index is 0.0615. The second-order valence-corrected chi connectivity index (χ2v) is 6.10. The van der Waals surface area contributed by atoms with Gasteiger partial charge in [0.15, 0.2) is 0 Å². The summed E-state index contributed by atoms with van der Waals surface area (Å²) < 4.78 is 1.01. The van der Waals surface area contributed by atoms with Gasteiger partial charge in [0.2, 0.25) is 5.91 Å². The standard InChI is InChI=1S/C14H19BrN2O/c1-10-3-4-11(7-12(10)15)17-13(18)8-14(9-16)5-2-6-14/h3-4,7H,2,5-6,8-9,16H2,1H3,(H,17,18). The molecule has 3 nitrogen and oxygen atoms in total. The predicted molar refractivity (Wildman–Crippen MR) is 77.5 cm³/mol. The zero-order valence-electron chi connectivity index (χ0n) is 10.6. The summed E-state index contributed by atoms with van der Waals surface area (Å²) in [7, 11) is 0. The predicted octanol–water partition coefficient (Wildman–Crippen LogP) is 3.22. The number of benzene rings is 1. The van der Waals surface area contributed by atoms with Gasteiger partial charge in [0.1, 0.15) is 0 Å². The number of aryl methyl sites for hydroxylation is 1. The summed E-state index contributed by atoms with van der Waals surface area (Å²) >= 11 is 3.46. The maximum absolute atomic E-state index is 12.0. The van der Waals surface area contributed by atoms with Crippen LogP contribution in [-0.2, 0) is 4.79 Å². The first kappa shape index (κ1) is 13.6. The molecule has 0 bridgehead atoms. The molecule has 1 fully saturated rings. The van der Waals surface area contributed by atoms with E-state index < -0.39 is 0 Å². The number of hydrogen-bond donors (Lipinski definition) is 2. The molecule has 0 radical (unpaired) electrons. The van der Waals surface area contributed by atoms with Crippen molar-refractivity contribution >= 4 is 27.5 Å². The lowest BCUT2D eigenvalue weighted by atomic mass is 9.66. The molecule has 1 amide bonds. The van der Waals surface area contributed by atoms with Crippen LogP contribution in [0.2, 0.25) is 0 Å². The summed E-state index contributed by atoms with van der Waals surface area (Å²) in [5.74, 6) is 0.0657. The second-order valence-electron chi connectivity index (χ2n) is 5.25. The van der Waals surface area contributed by atoms with Crippen LogP contribution in [0.15, 0.2) is 22.7 Å². The third-order valence-electron chi connectivity index (χ3n) is 3.84. The molecule has 98 valence electrons. The van der Waals surface area contributed by atoms with Crippen LogP contribution in [-0.4, -0.2) is 12.5 Å². The number of carbonyl (C=O) groups excluding carboxylic acids is 1. The minimum absolute atomic E-state index is 0.0615. The number of amides is 1. The highest BCUT2D eigenvalue weighted by molar-refractivity contribution is 9.10. The number of rotatable bonds is 4. The Hall–Kier alpha value is -0.870. The van der Waals surface area contributed by atoms with Crippen molar-refractivity contribution in [3.8, 4) is 0 Å². The molecule has 1 aliphatic rings. The highest BCUT2D eigenvalue weighted by atomic mass is 79.9. The number of nitrogens with two attached hydrogens (primary N) is 1. The average molecular weight is 311 g/mol. The lowest BCUT2D eigenvalue weighted by molar-refractivity contribution is -0.119. The molecule has 0 heterocycles. The van der Waals surface area contributed by atoms with Crippen LogP contribution in [0.5, 0.6) is 0 Å². The molecule has 1 saturated carbocycles. The van der Waals surface area contributed by atoms with Gasteiger partial charge in [0.25, 0.3) is 0 Å². The van der Waals surface area contributed by atoms with E-state index in [0.29, 0.717) is 13.0 Å². The molecule has 0 saturated heterocycles. The fourth-order valence-electron chi connectivity index (χ4n) is 2.35. The Morgan fingerprint density at radius 2 is 2.22 bits per heavy atom. The van der Waals surface area contributed by atoms with Gasteiger partial charge in [0, 0.05) is 16.6 Å². The van der Waals surface area contributed by atoms with E-state index in [1.807, 2.05) is 25.1 Å². The Bertz CT molecular complexity index is 450. The van der Waals surface area contributed by atoms with Crippen LogP contribution in [0, 0.1) is 12.3 Å². The van der Waals surface area contributed by atoms with Crippen LogP contribution < -0.4 is 11.1 Å². The van der Waals surface area contributed by atoms with Gasteiger partial charge in [-0.3, -0.25) is 4.79 Å². The van der Waals surface area contributed by atoms with E-state index in [1.54, 1.807) is 0 Å². The van der Waals surface area contributed by atoms with Crippen molar-refractivity contribution in [1.82, 2.24) is 0 Å². The van der Waals surface area contributed by atoms with Crippen LogP contribution in [0.25, 0.3) is 0 Å². The van der Waals surface area contributed by atoms with E-state index in [0.717, 1.165) is 28.6 Å². The van der Waals surface area contributed by atoms with Gasteiger partial charge in [0.05, 0.1) is 0 Å². The van der Waals surface area contributed by atoms with Gasteiger partial charge in [-0.1, -0.05) is 28.4 Å². The van der Waals surface area contributed by atoms with Crippen molar-refractivity contribution in [1.29, 1.82) is 0 Å². The molecule has 3 N–H and O–H groups in total. The maximum Gasteiger partial charge on any atom is 0.224 e. The number of halogens is 1. The van der Waals surface area contributed by atoms with Crippen molar-refractivity contribution in [2.75, 3.05) is 11.9 Å². The second kappa shape index (κ2) is 5.41. The lowest BCUT2D eigenvalue weighted by Crippen LogP contribution is -2.40. The van der Waals surface area contributed by atoms with Crippen molar-refractivity contribution in [3.05, 3.63) is 28.2 Å². The third-order valence-corrected chi connectivity index (χ3v) is 4.69. The maximum atomic E-state index is 12.0. The molecule has 0 aliphatic heterocycles. The number of carbonyl (C=O) groups is 1. The quantitative estimate of drug-likeness (QED) is 0.897. The zero-order valence-corrected chi connectivity index (χ0v) is 12.2. The first-order valence-electron chi connectivity index (χ1n) is 6.31. The fourth-order valence-corrected chi connectivity index (χ4v) is 2.73. The molecule has 1 aromatic carbocycles. The highest BCUT2D eigenvalue weighted by Gasteiger charge is 2.37. The number of anilines is 1. The van der Waals surface area contributed by atoms with E-state index in [9.17, 15) is 4.79 Å². The molecule has 0 spiro atoms. The van der Waals surface area contributed by atoms with Gasteiger partial charge in [-0.15, -0.1) is 0 Å².